The third kappa shape index (κ3) is 7.67. The van der Waals surface area contributed by atoms with Crippen LogP contribution in [0.1, 0.15) is 74.5 Å². The molecule has 0 radical (unpaired) electrons. The fraction of sp³-hybridized carbons (Fsp3) is 0.514. The minimum absolute atomic E-state index is 0.0254. The van der Waals surface area contributed by atoms with Gasteiger partial charge in [0, 0.05) is 31.0 Å². The van der Waals surface area contributed by atoms with Crippen LogP contribution in [0.15, 0.2) is 60.7 Å². The number of halogens is 1. The molecule has 272 valence electrons. The fourth-order valence-corrected chi connectivity index (χ4v) is 8.83. The third-order valence-corrected chi connectivity index (χ3v) is 12.5. The van der Waals surface area contributed by atoms with Gasteiger partial charge in [-0.3, -0.25) is 24.0 Å². The molecule has 3 fully saturated rings. The summed E-state index contributed by atoms with van der Waals surface area (Å²) in [5.41, 5.74) is 0.616. The number of amides is 4. The number of nitrogens with one attached hydrogen (secondary N) is 3. The minimum atomic E-state index is -3.88. The lowest BCUT2D eigenvalue weighted by molar-refractivity contribution is -0.141. The number of carbonyl (C=O) groups excluding carboxylic acids is 4. The van der Waals surface area contributed by atoms with Gasteiger partial charge in [0.1, 0.15) is 23.5 Å². The second-order valence-electron chi connectivity index (χ2n) is 14.4. The molecule has 51 heavy (non-hydrogen) atoms. The topological polar surface area (TPSA) is 154 Å². The van der Waals surface area contributed by atoms with Crippen molar-refractivity contribution in [2.45, 2.75) is 106 Å². The molecule has 2 saturated carbocycles. The first-order valence-corrected chi connectivity index (χ1v) is 19.4. The predicted molar refractivity (Wildman–Crippen MR) is 184 cm³/mol. The summed E-state index contributed by atoms with van der Waals surface area (Å²) in [5.74, 6) is -2.55. The van der Waals surface area contributed by atoms with E-state index in [1.165, 1.54) is 15.9 Å². The van der Waals surface area contributed by atoms with Crippen molar-refractivity contribution in [3.05, 3.63) is 83.2 Å². The quantitative estimate of drug-likeness (QED) is 0.368. The summed E-state index contributed by atoms with van der Waals surface area (Å²) < 4.78 is 48.0. The molecular formula is C37H44FN5O7S. The first-order chi connectivity index (χ1) is 24.5. The van der Waals surface area contributed by atoms with Crippen LogP contribution in [0, 0.1) is 11.7 Å². The van der Waals surface area contributed by atoms with Crippen LogP contribution in [0.25, 0.3) is 0 Å². The summed E-state index contributed by atoms with van der Waals surface area (Å²) in [7, 11) is -3.88. The number of hydrogen-bond acceptors (Lipinski definition) is 8. The lowest BCUT2D eigenvalue weighted by atomic mass is 10.0. The maximum Gasteiger partial charge on any atom is 0.410 e. The van der Waals surface area contributed by atoms with Gasteiger partial charge in [-0.05, 0) is 55.7 Å². The Morgan fingerprint density at radius 1 is 1.00 bits per heavy atom. The largest absolute Gasteiger partial charge is 0.444 e. The van der Waals surface area contributed by atoms with Crippen LogP contribution in [-0.4, -0.2) is 77.6 Å². The Bertz CT molecular complexity index is 1820. The van der Waals surface area contributed by atoms with Crippen molar-refractivity contribution >= 4 is 33.8 Å². The van der Waals surface area contributed by atoms with Crippen LogP contribution in [0.5, 0.6) is 0 Å². The number of rotatable bonds is 7. The average Bonchev–Trinajstić information content (AvgIpc) is 3.99. The maximum atomic E-state index is 14.4. The summed E-state index contributed by atoms with van der Waals surface area (Å²) in [6.07, 6.45) is 7.19. The predicted octanol–water partition coefficient (Wildman–Crippen LogP) is 3.41. The van der Waals surface area contributed by atoms with E-state index in [2.05, 4.69) is 15.4 Å². The molecule has 4 amide bonds. The Kier molecular flexibility index (Phi) is 9.90. The molecule has 0 bridgehead atoms. The summed E-state index contributed by atoms with van der Waals surface area (Å²) in [5, 5.41) is 5.62. The van der Waals surface area contributed by atoms with Crippen LogP contribution in [0.2, 0.25) is 0 Å². The SMILES string of the molecule is O=C1N[C@]2(C(=O)NS(=O)(=O)C3CC3)C[C@H]2/C=C\CCCCC[C@H](NCc2ccccc2)C(=O)N2C[C@H](OC(=O)N3Cc4cccc(F)c4C3)C[C@@H]12. The van der Waals surface area contributed by atoms with Crippen molar-refractivity contribution in [1.29, 1.82) is 0 Å². The molecule has 7 rings (SSSR count). The monoisotopic (exact) mass is 721 g/mol. The molecule has 0 aromatic heterocycles. The normalized spacial score (nSPS) is 28.7. The van der Waals surface area contributed by atoms with Gasteiger partial charge in [-0.15, -0.1) is 0 Å². The summed E-state index contributed by atoms with van der Waals surface area (Å²) in [6.45, 7) is 0.588. The molecule has 5 atom stereocenters. The first kappa shape index (κ1) is 35.1. The van der Waals surface area contributed by atoms with Crippen molar-refractivity contribution in [2.24, 2.45) is 5.92 Å². The smallest absolute Gasteiger partial charge is 0.410 e. The Labute approximate surface area is 297 Å². The molecule has 1 saturated heterocycles. The highest BCUT2D eigenvalue weighted by atomic mass is 32.2. The molecule has 5 aliphatic rings. The van der Waals surface area contributed by atoms with Gasteiger partial charge in [0.05, 0.1) is 24.4 Å². The Morgan fingerprint density at radius 3 is 2.57 bits per heavy atom. The zero-order valence-electron chi connectivity index (χ0n) is 28.4. The van der Waals surface area contributed by atoms with Crippen LogP contribution >= 0.6 is 0 Å². The zero-order chi connectivity index (χ0) is 35.8. The van der Waals surface area contributed by atoms with Gasteiger partial charge in [-0.1, -0.05) is 67.5 Å². The molecule has 3 N–H and O–H groups in total. The molecule has 0 unspecified atom stereocenters. The van der Waals surface area contributed by atoms with Gasteiger partial charge < -0.3 is 20.3 Å². The van der Waals surface area contributed by atoms with Crippen molar-refractivity contribution in [1.82, 2.24) is 25.2 Å². The van der Waals surface area contributed by atoms with Gasteiger partial charge in [0.25, 0.3) is 5.91 Å². The number of benzene rings is 2. The molecule has 14 heteroatoms. The van der Waals surface area contributed by atoms with Crippen LogP contribution in [-0.2, 0) is 48.8 Å². The van der Waals surface area contributed by atoms with Crippen molar-refractivity contribution in [3.8, 4) is 0 Å². The lowest BCUT2D eigenvalue weighted by Crippen LogP contribution is -2.58. The lowest BCUT2D eigenvalue weighted by Gasteiger charge is -2.30. The van der Waals surface area contributed by atoms with E-state index in [0.717, 1.165) is 31.2 Å². The molecule has 2 aliphatic carbocycles. The molecule has 12 nitrogen and oxygen atoms in total. The highest BCUT2D eigenvalue weighted by molar-refractivity contribution is 7.91. The van der Waals surface area contributed by atoms with E-state index in [-0.39, 0.29) is 38.4 Å². The van der Waals surface area contributed by atoms with Crippen LogP contribution < -0.4 is 15.4 Å². The Morgan fingerprint density at radius 2 is 1.80 bits per heavy atom. The van der Waals surface area contributed by atoms with E-state index >= 15 is 0 Å². The first-order valence-electron chi connectivity index (χ1n) is 17.9. The zero-order valence-corrected chi connectivity index (χ0v) is 29.2. The number of sulfonamides is 1. The van der Waals surface area contributed by atoms with Gasteiger partial charge in [-0.25, -0.2) is 17.6 Å². The van der Waals surface area contributed by atoms with E-state index in [9.17, 15) is 32.0 Å². The maximum absolute atomic E-state index is 14.4. The van der Waals surface area contributed by atoms with Crippen LogP contribution in [0.4, 0.5) is 9.18 Å². The van der Waals surface area contributed by atoms with E-state index in [1.807, 2.05) is 42.5 Å². The highest BCUT2D eigenvalue weighted by Gasteiger charge is 2.62. The van der Waals surface area contributed by atoms with Crippen molar-refractivity contribution in [2.75, 3.05) is 6.54 Å². The second-order valence-corrected chi connectivity index (χ2v) is 16.4. The van der Waals surface area contributed by atoms with E-state index in [0.29, 0.717) is 36.9 Å². The number of carbonyl (C=O) groups is 4. The average molecular weight is 722 g/mol. The highest BCUT2D eigenvalue weighted by Crippen LogP contribution is 2.46. The molecule has 3 aliphatic heterocycles. The number of ether oxygens (including phenoxy) is 1. The molecule has 0 spiro atoms. The minimum Gasteiger partial charge on any atom is -0.444 e. The standard InChI is InChI=1S/C37H44FN5O7S/c38-30-14-9-12-25-21-42(23-29(25)30)36(47)50-27-18-32-33(44)40-37(35(46)41-51(48,49)28-16-17-28)19-26(37)13-7-2-1-3-8-15-31(34(45)43(32)22-27)39-20-24-10-5-4-6-11-24/h4-7,9-14,26-28,31-32,39H,1-3,8,15-23H2,(H,40,44)(H,41,46)/b13-7-/t26-,27-,31+,32+,37-/m1/s1. The second kappa shape index (κ2) is 14.4. The number of allylic oxidation sites excluding steroid dienone is 1. The van der Waals surface area contributed by atoms with E-state index < -0.39 is 68.6 Å². The Balaban J connectivity index is 1.13. The van der Waals surface area contributed by atoms with Crippen LogP contribution in [0.3, 0.4) is 0 Å². The number of nitrogens with zero attached hydrogens (tertiary/aromatic N) is 2. The molecule has 2 aromatic carbocycles. The molecule has 3 heterocycles. The fourth-order valence-electron chi connectivity index (χ4n) is 7.47. The molecular weight excluding hydrogens is 678 g/mol. The molecule has 2 aromatic rings. The van der Waals surface area contributed by atoms with Gasteiger partial charge in [0.2, 0.25) is 21.8 Å². The summed E-state index contributed by atoms with van der Waals surface area (Å²) in [6, 6.07) is 12.6. The van der Waals surface area contributed by atoms with Gasteiger partial charge in [0.15, 0.2) is 0 Å². The summed E-state index contributed by atoms with van der Waals surface area (Å²) in [4.78, 5) is 58.4. The van der Waals surface area contributed by atoms with Crippen molar-refractivity contribution < 1.29 is 36.7 Å². The number of hydrogen-bond donors (Lipinski definition) is 3. The van der Waals surface area contributed by atoms with Gasteiger partial charge in [-0.2, -0.15) is 0 Å². The van der Waals surface area contributed by atoms with Gasteiger partial charge >= 0.3 is 6.09 Å². The van der Waals surface area contributed by atoms with E-state index in [1.54, 1.807) is 12.1 Å². The summed E-state index contributed by atoms with van der Waals surface area (Å²) >= 11 is 0. The third-order valence-electron chi connectivity index (χ3n) is 10.7. The van der Waals surface area contributed by atoms with Crippen molar-refractivity contribution in [3.63, 3.8) is 0 Å². The number of fused-ring (bicyclic) bond motifs is 3. The van der Waals surface area contributed by atoms with E-state index in [4.69, 9.17) is 4.74 Å². The Hall–Kier alpha value is -4.30.